The fourth-order valence-electron chi connectivity index (χ4n) is 1.04. The van der Waals surface area contributed by atoms with Gasteiger partial charge in [0.05, 0.1) is 11.2 Å². The van der Waals surface area contributed by atoms with Gasteiger partial charge in [0.2, 0.25) is 6.41 Å². The van der Waals surface area contributed by atoms with E-state index in [1.165, 1.54) is 6.21 Å². The molecule has 1 aromatic carbocycles. The van der Waals surface area contributed by atoms with Gasteiger partial charge in [-0.05, 0) is 18.2 Å². The number of anilines is 1. The lowest BCUT2D eigenvalue weighted by atomic mass is 10.2. The number of hydrogen-bond acceptors (Lipinski definition) is 3. The molecule has 0 aliphatic carbocycles. The Balaban J connectivity index is 2.88. The highest BCUT2D eigenvalue weighted by Crippen LogP contribution is 2.21. The third-order valence-electron chi connectivity index (χ3n) is 1.83. The van der Waals surface area contributed by atoms with Gasteiger partial charge in [-0.1, -0.05) is 11.6 Å². The summed E-state index contributed by atoms with van der Waals surface area (Å²) in [6.07, 6.45) is 1.99. The van der Waals surface area contributed by atoms with Crippen molar-refractivity contribution in [3.8, 4) is 0 Å². The van der Waals surface area contributed by atoms with E-state index in [1.54, 1.807) is 0 Å². The van der Waals surface area contributed by atoms with Crippen molar-refractivity contribution in [2.75, 3.05) is 19.0 Å². The zero-order valence-corrected chi connectivity index (χ0v) is 9.32. The highest BCUT2D eigenvalue weighted by molar-refractivity contribution is 6.33. The van der Waals surface area contributed by atoms with E-state index in [2.05, 4.69) is 10.5 Å². The normalized spacial score (nSPS) is 10.3. The molecule has 1 N–H and O–H groups in total. The van der Waals surface area contributed by atoms with Crippen LogP contribution in [0.1, 0.15) is 5.56 Å². The molecule has 0 spiro atoms. The summed E-state index contributed by atoms with van der Waals surface area (Å²) in [6.45, 7) is 0. The number of benzene rings is 1. The van der Waals surface area contributed by atoms with Crippen molar-refractivity contribution in [2.24, 2.45) is 5.10 Å². The van der Waals surface area contributed by atoms with Crippen LogP contribution >= 0.6 is 11.6 Å². The first kappa shape index (κ1) is 11.5. The summed E-state index contributed by atoms with van der Waals surface area (Å²) in [7, 11) is 3.88. The van der Waals surface area contributed by atoms with Gasteiger partial charge in [-0.3, -0.25) is 4.79 Å². The minimum Gasteiger partial charge on any atom is -0.378 e. The number of nitrogens with one attached hydrogen (secondary N) is 1. The summed E-state index contributed by atoms with van der Waals surface area (Å²) in [5, 5.41) is 4.25. The number of rotatable bonds is 4. The zero-order valence-electron chi connectivity index (χ0n) is 8.57. The van der Waals surface area contributed by atoms with Gasteiger partial charge in [0.1, 0.15) is 0 Å². The van der Waals surface area contributed by atoms with E-state index in [4.69, 9.17) is 11.6 Å². The molecule has 0 atom stereocenters. The van der Waals surface area contributed by atoms with Gasteiger partial charge in [0, 0.05) is 25.3 Å². The second kappa shape index (κ2) is 5.36. The lowest BCUT2D eigenvalue weighted by molar-refractivity contribution is -0.109. The van der Waals surface area contributed by atoms with Crippen LogP contribution in [0.2, 0.25) is 5.02 Å². The first-order valence-corrected chi connectivity index (χ1v) is 4.72. The van der Waals surface area contributed by atoms with E-state index in [1.807, 2.05) is 37.2 Å². The number of amides is 1. The van der Waals surface area contributed by atoms with Crippen LogP contribution in [0.25, 0.3) is 0 Å². The molecule has 0 bridgehead atoms. The van der Waals surface area contributed by atoms with Crippen LogP contribution in [0.15, 0.2) is 23.3 Å². The number of halogens is 1. The van der Waals surface area contributed by atoms with Crippen LogP contribution in [0.3, 0.4) is 0 Å². The monoisotopic (exact) mass is 225 g/mol. The molecule has 0 unspecified atom stereocenters. The predicted octanol–water partition coefficient (Wildman–Crippen LogP) is 1.49. The molecule has 1 aromatic rings. The second-order valence-electron chi connectivity index (χ2n) is 3.11. The van der Waals surface area contributed by atoms with Crippen LogP contribution in [0, 0.1) is 0 Å². The third-order valence-corrected chi connectivity index (χ3v) is 2.16. The molecule has 0 aromatic heterocycles. The van der Waals surface area contributed by atoms with E-state index in [-0.39, 0.29) is 0 Å². The molecule has 80 valence electrons. The molecular formula is C10H12ClN3O. The Kier molecular flexibility index (Phi) is 4.12. The Labute approximate surface area is 93.5 Å². The fourth-order valence-corrected chi connectivity index (χ4v) is 1.26. The van der Waals surface area contributed by atoms with Crippen molar-refractivity contribution in [1.29, 1.82) is 0 Å². The van der Waals surface area contributed by atoms with E-state index in [0.29, 0.717) is 11.4 Å². The lowest BCUT2D eigenvalue weighted by Gasteiger charge is -2.12. The van der Waals surface area contributed by atoms with Crippen molar-refractivity contribution < 1.29 is 4.79 Å². The maximum absolute atomic E-state index is 9.96. The van der Waals surface area contributed by atoms with Crippen LogP contribution in [-0.4, -0.2) is 26.7 Å². The second-order valence-corrected chi connectivity index (χ2v) is 3.51. The van der Waals surface area contributed by atoms with Crippen LogP contribution < -0.4 is 10.3 Å². The number of hydrazone groups is 1. The SMILES string of the molecule is CN(C)c1ccc(/C=N/NC=O)c(Cl)c1. The van der Waals surface area contributed by atoms with Crippen molar-refractivity contribution in [3.63, 3.8) is 0 Å². The minimum absolute atomic E-state index is 0.499. The van der Waals surface area contributed by atoms with E-state index in [0.717, 1.165) is 11.3 Å². The van der Waals surface area contributed by atoms with Crippen LogP contribution in [0.4, 0.5) is 5.69 Å². The number of carbonyl (C=O) groups is 1. The maximum atomic E-state index is 9.96. The van der Waals surface area contributed by atoms with Gasteiger partial charge in [-0.25, -0.2) is 5.43 Å². The summed E-state index contributed by atoms with van der Waals surface area (Å²) in [5.74, 6) is 0. The van der Waals surface area contributed by atoms with Gasteiger partial charge < -0.3 is 4.90 Å². The van der Waals surface area contributed by atoms with Gasteiger partial charge >= 0.3 is 0 Å². The highest BCUT2D eigenvalue weighted by atomic mass is 35.5. The van der Waals surface area contributed by atoms with E-state index in [9.17, 15) is 4.79 Å². The zero-order chi connectivity index (χ0) is 11.3. The largest absolute Gasteiger partial charge is 0.378 e. The average molecular weight is 226 g/mol. The summed E-state index contributed by atoms with van der Waals surface area (Å²) >= 11 is 6.02. The number of nitrogens with zero attached hydrogens (tertiary/aromatic N) is 2. The fraction of sp³-hybridized carbons (Fsp3) is 0.200. The Morgan fingerprint density at radius 1 is 1.47 bits per heavy atom. The number of carbonyl (C=O) groups excluding carboxylic acids is 1. The molecule has 0 radical (unpaired) electrons. The molecule has 1 rings (SSSR count). The molecule has 1 amide bonds. The Bertz CT molecular complexity index is 377. The van der Waals surface area contributed by atoms with Crippen molar-refractivity contribution in [3.05, 3.63) is 28.8 Å². The summed E-state index contributed by atoms with van der Waals surface area (Å²) in [6, 6.07) is 5.60. The van der Waals surface area contributed by atoms with Gasteiger partial charge in [0.15, 0.2) is 0 Å². The molecule has 4 nitrogen and oxygen atoms in total. The van der Waals surface area contributed by atoms with E-state index >= 15 is 0 Å². The lowest BCUT2D eigenvalue weighted by Crippen LogP contribution is -2.08. The van der Waals surface area contributed by atoms with E-state index < -0.39 is 0 Å². The van der Waals surface area contributed by atoms with Crippen LogP contribution in [-0.2, 0) is 4.79 Å². The highest BCUT2D eigenvalue weighted by Gasteiger charge is 2.00. The average Bonchev–Trinajstić information content (AvgIpc) is 2.20. The Morgan fingerprint density at radius 3 is 2.73 bits per heavy atom. The van der Waals surface area contributed by atoms with Gasteiger partial charge in [0.25, 0.3) is 0 Å². The molecule has 0 heterocycles. The summed E-state index contributed by atoms with van der Waals surface area (Å²) in [4.78, 5) is 11.9. The quantitative estimate of drug-likeness (QED) is 0.479. The summed E-state index contributed by atoms with van der Waals surface area (Å²) < 4.78 is 0. The van der Waals surface area contributed by atoms with Crippen molar-refractivity contribution in [2.45, 2.75) is 0 Å². The van der Waals surface area contributed by atoms with Gasteiger partial charge in [-0.2, -0.15) is 5.10 Å². The Morgan fingerprint density at radius 2 is 2.20 bits per heavy atom. The molecule has 0 aliphatic heterocycles. The molecule has 15 heavy (non-hydrogen) atoms. The maximum Gasteiger partial charge on any atom is 0.227 e. The topological polar surface area (TPSA) is 44.7 Å². The van der Waals surface area contributed by atoms with Gasteiger partial charge in [-0.15, -0.1) is 0 Å². The smallest absolute Gasteiger partial charge is 0.227 e. The first-order valence-electron chi connectivity index (χ1n) is 4.34. The molecule has 5 heteroatoms. The van der Waals surface area contributed by atoms with Crippen molar-refractivity contribution in [1.82, 2.24) is 5.43 Å². The number of hydrogen-bond donors (Lipinski definition) is 1. The summed E-state index contributed by atoms with van der Waals surface area (Å²) in [5.41, 5.74) is 3.96. The molecule has 0 fully saturated rings. The molecule has 0 saturated carbocycles. The molecular weight excluding hydrogens is 214 g/mol. The first-order chi connectivity index (χ1) is 7.15. The molecule has 0 saturated heterocycles. The third kappa shape index (κ3) is 3.25. The predicted molar refractivity (Wildman–Crippen MR) is 62.6 cm³/mol. The molecule has 0 aliphatic rings. The standard InChI is InChI=1S/C10H12ClN3O/c1-14(2)9-4-3-8(10(11)5-9)6-12-13-7-15/h3-7H,1-2H3,(H,13,15)/b12-6+. The minimum atomic E-state index is 0.499. The van der Waals surface area contributed by atoms with Crippen molar-refractivity contribution >= 4 is 29.9 Å². The van der Waals surface area contributed by atoms with Crippen LogP contribution in [0.5, 0.6) is 0 Å². The Hall–Kier alpha value is -1.55.